The first-order valence-corrected chi connectivity index (χ1v) is 4.01. The molecule has 1 heterocycles. The highest BCUT2D eigenvalue weighted by Gasteiger charge is 2.27. The van der Waals surface area contributed by atoms with Crippen molar-refractivity contribution in [3.63, 3.8) is 0 Å². The van der Waals surface area contributed by atoms with Crippen LogP contribution >= 0.6 is 0 Å². The number of aromatic nitrogens is 2. The minimum atomic E-state index is -1.60. The molecule has 0 saturated heterocycles. The predicted octanol–water partition coefficient (Wildman–Crippen LogP) is -0.715. The minimum Gasteiger partial charge on any atom is -0.467 e. The van der Waals surface area contributed by atoms with E-state index in [1.807, 2.05) is 0 Å². The van der Waals surface area contributed by atoms with E-state index in [1.54, 1.807) is 6.92 Å². The van der Waals surface area contributed by atoms with Crippen LogP contribution in [0.4, 0.5) is 0 Å². The van der Waals surface area contributed by atoms with Crippen LogP contribution in [0.25, 0.3) is 0 Å². The van der Waals surface area contributed by atoms with Crippen molar-refractivity contribution in [2.24, 2.45) is 0 Å². The molecule has 0 bridgehead atoms. The van der Waals surface area contributed by atoms with E-state index < -0.39 is 18.2 Å². The van der Waals surface area contributed by atoms with E-state index in [9.17, 15) is 15.0 Å². The third-order valence-electron chi connectivity index (χ3n) is 1.78. The molecule has 6 nitrogen and oxygen atoms in total. The molecule has 6 heteroatoms. The number of rotatable bonds is 3. The van der Waals surface area contributed by atoms with Gasteiger partial charge in [-0.3, -0.25) is 0 Å². The second-order valence-corrected chi connectivity index (χ2v) is 2.84. The van der Waals surface area contributed by atoms with Crippen molar-refractivity contribution in [1.82, 2.24) is 9.97 Å². The van der Waals surface area contributed by atoms with Crippen LogP contribution in [0.15, 0.2) is 6.20 Å². The van der Waals surface area contributed by atoms with Crippen LogP contribution < -0.4 is 0 Å². The number of aliphatic hydroxyl groups is 2. The topological polar surface area (TPSA) is 95.4 Å². The number of ether oxygens (including phenoxy) is 1. The van der Waals surface area contributed by atoms with Crippen LogP contribution in [0, 0.1) is 6.92 Å². The second-order valence-electron chi connectivity index (χ2n) is 2.84. The third kappa shape index (κ3) is 2.09. The van der Waals surface area contributed by atoms with Gasteiger partial charge in [0.05, 0.1) is 19.0 Å². The smallest absolute Gasteiger partial charge is 0.337 e. The van der Waals surface area contributed by atoms with Gasteiger partial charge in [0, 0.05) is 0 Å². The van der Waals surface area contributed by atoms with Crippen molar-refractivity contribution in [1.29, 1.82) is 0 Å². The molecule has 1 aromatic heterocycles. The average molecular weight is 200 g/mol. The van der Waals surface area contributed by atoms with Gasteiger partial charge in [-0.15, -0.1) is 0 Å². The molecule has 0 radical (unpaired) electrons. The van der Waals surface area contributed by atoms with Crippen LogP contribution in [0.3, 0.4) is 0 Å². The molecule has 0 amide bonds. The monoisotopic (exact) mass is 200 g/mol. The number of imidazole rings is 1. The molecular weight excluding hydrogens is 188 g/mol. The summed E-state index contributed by atoms with van der Waals surface area (Å²) in [6.07, 6.45) is -1.59. The molecular formula is C8H12N2O4. The molecule has 0 aliphatic rings. The Balaban J connectivity index is 2.74. The zero-order chi connectivity index (χ0) is 10.7. The number of carbonyl (C=O) groups excluding carboxylic acids is 1. The van der Waals surface area contributed by atoms with Crippen molar-refractivity contribution < 1.29 is 19.7 Å². The zero-order valence-corrected chi connectivity index (χ0v) is 7.89. The van der Waals surface area contributed by atoms with E-state index in [-0.39, 0.29) is 5.69 Å². The van der Waals surface area contributed by atoms with Crippen LogP contribution in [0.5, 0.6) is 0 Å². The maximum atomic E-state index is 10.9. The molecule has 1 rings (SSSR count). The van der Waals surface area contributed by atoms with E-state index in [0.717, 1.165) is 7.11 Å². The van der Waals surface area contributed by atoms with Crippen molar-refractivity contribution >= 4 is 5.97 Å². The van der Waals surface area contributed by atoms with Gasteiger partial charge in [-0.05, 0) is 6.92 Å². The van der Waals surface area contributed by atoms with Crippen LogP contribution in [0.1, 0.15) is 17.6 Å². The lowest BCUT2D eigenvalue weighted by Crippen LogP contribution is -2.29. The molecule has 0 aromatic carbocycles. The number of esters is 1. The summed E-state index contributed by atoms with van der Waals surface area (Å²) in [4.78, 5) is 17.4. The zero-order valence-electron chi connectivity index (χ0n) is 7.89. The van der Waals surface area contributed by atoms with Crippen molar-refractivity contribution in [3.05, 3.63) is 17.7 Å². The molecule has 0 aliphatic heterocycles. The van der Waals surface area contributed by atoms with Gasteiger partial charge in [-0.25, -0.2) is 9.78 Å². The summed E-state index contributed by atoms with van der Waals surface area (Å²) < 4.78 is 4.28. The number of hydrogen-bond donors (Lipinski definition) is 3. The fourth-order valence-electron chi connectivity index (χ4n) is 1.01. The van der Waals surface area contributed by atoms with Gasteiger partial charge in [0.1, 0.15) is 11.9 Å². The van der Waals surface area contributed by atoms with Gasteiger partial charge in [0.2, 0.25) is 0 Å². The molecule has 0 fully saturated rings. The summed E-state index contributed by atoms with van der Waals surface area (Å²) in [7, 11) is 1.14. The molecule has 78 valence electrons. The van der Waals surface area contributed by atoms with E-state index >= 15 is 0 Å². The summed E-state index contributed by atoms with van der Waals surface area (Å²) in [5.41, 5.74) is 0.278. The molecule has 1 aromatic rings. The predicted molar refractivity (Wildman–Crippen MR) is 46.3 cm³/mol. The fourth-order valence-corrected chi connectivity index (χ4v) is 1.01. The van der Waals surface area contributed by atoms with Crippen molar-refractivity contribution in [3.8, 4) is 0 Å². The largest absolute Gasteiger partial charge is 0.467 e. The highest BCUT2D eigenvalue weighted by Crippen LogP contribution is 2.15. The van der Waals surface area contributed by atoms with Gasteiger partial charge >= 0.3 is 5.97 Å². The van der Waals surface area contributed by atoms with E-state index in [1.165, 1.54) is 6.20 Å². The highest BCUT2D eigenvalue weighted by atomic mass is 16.5. The fraction of sp³-hybridized carbons (Fsp3) is 0.500. The van der Waals surface area contributed by atoms with Gasteiger partial charge < -0.3 is 19.9 Å². The number of carbonyl (C=O) groups is 1. The first kappa shape index (κ1) is 10.7. The standard InChI is InChI=1S/C8H12N2O4/c1-4-9-3-5(10-4)6(11)7(12)8(13)14-2/h3,6-7,11-12H,1-2H3,(H,9,10). The Morgan fingerprint density at radius 1 is 1.64 bits per heavy atom. The Kier molecular flexibility index (Phi) is 3.21. The van der Waals surface area contributed by atoms with Gasteiger partial charge in [0.15, 0.2) is 6.10 Å². The SMILES string of the molecule is COC(=O)C(O)C(O)c1cnc(C)[nH]1. The van der Waals surface area contributed by atoms with E-state index in [0.29, 0.717) is 5.82 Å². The van der Waals surface area contributed by atoms with Crippen LogP contribution in [-0.4, -0.2) is 39.4 Å². The van der Waals surface area contributed by atoms with E-state index in [2.05, 4.69) is 14.7 Å². The summed E-state index contributed by atoms with van der Waals surface area (Å²) in [6.45, 7) is 1.70. The first-order chi connectivity index (χ1) is 6.56. The third-order valence-corrected chi connectivity index (χ3v) is 1.78. The molecule has 3 N–H and O–H groups in total. The normalized spacial score (nSPS) is 14.9. The quantitative estimate of drug-likeness (QED) is 0.560. The lowest BCUT2D eigenvalue weighted by molar-refractivity contribution is -0.157. The number of hydrogen-bond acceptors (Lipinski definition) is 5. The number of aryl methyl sites for hydroxylation is 1. The van der Waals surface area contributed by atoms with Gasteiger partial charge in [-0.1, -0.05) is 0 Å². The lowest BCUT2D eigenvalue weighted by atomic mass is 10.1. The number of methoxy groups -OCH3 is 1. The van der Waals surface area contributed by atoms with Crippen LogP contribution in [-0.2, 0) is 9.53 Å². The molecule has 0 spiro atoms. The first-order valence-electron chi connectivity index (χ1n) is 4.01. The maximum absolute atomic E-state index is 10.9. The summed E-state index contributed by atoms with van der Waals surface area (Å²) in [5, 5.41) is 18.8. The summed E-state index contributed by atoms with van der Waals surface area (Å²) >= 11 is 0. The summed E-state index contributed by atoms with van der Waals surface area (Å²) in [6, 6.07) is 0. The Morgan fingerprint density at radius 3 is 2.71 bits per heavy atom. The number of aliphatic hydroxyl groups excluding tert-OH is 2. The lowest BCUT2D eigenvalue weighted by Gasteiger charge is -2.13. The Bertz CT molecular complexity index is 323. The minimum absolute atomic E-state index is 0.278. The number of H-pyrrole nitrogens is 1. The van der Waals surface area contributed by atoms with Gasteiger partial charge in [-0.2, -0.15) is 0 Å². The number of nitrogens with one attached hydrogen (secondary N) is 1. The van der Waals surface area contributed by atoms with Crippen molar-refractivity contribution in [2.75, 3.05) is 7.11 Å². The Morgan fingerprint density at radius 2 is 2.29 bits per heavy atom. The molecule has 2 atom stereocenters. The average Bonchev–Trinajstić information content (AvgIpc) is 2.61. The highest BCUT2D eigenvalue weighted by molar-refractivity contribution is 5.75. The van der Waals surface area contributed by atoms with Crippen molar-refractivity contribution in [2.45, 2.75) is 19.1 Å². The number of aromatic amines is 1. The summed E-state index contributed by atoms with van der Waals surface area (Å²) in [5.74, 6) is -0.291. The molecule has 2 unspecified atom stereocenters. The Hall–Kier alpha value is -1.40. The maximum Gasteiger partial charge on any atom is 0.337 e. The molecule has 0 saturated carbocycles. The van der Waals surface area contributed by atoms with Crippen LogP contribution in [0.2, 0.25) is 0 Å². The second kappa shape index (κ2) is 4.21. The molecule has 14 heavy (non-hydrogen) atoms. The van der Waals surface area contributed by atoms with Gasteiger partial charge in [0.25, 0.3) is 0 Å². The van der Waals surface area contributed by atoms with E-state index in [4.69, 9.17) is 0 Å². The molecule has 0 aliphatic carbocycles. The number of nitrogens with zero attached hydrogens (tertiary/aromatic N) is 1. The Labute approximate surface area is 80.5 Å².